The smallest absolute Gasteiger partial charge is 0.404 e. The summed E-state index contributed by atoms with van der Waals surface area (Å²) in [6, 6.07) is 3.37. The Morgan fingerprint density at radius 2 is 2.33 bits per heavy atom. The average Bonchev–Trinajstić information content (AvgIpc) is 3.01. The summed E-state index contributed by atoms with van der Waals surface area (Å²) in [4.78, 5) is 11.3. The molecule has 15 heavy (non-hydrogen) atoms. The Morgan fingerprint density at radius 1 is 1.60 bits per heavy atom. The van der Waals surface area contributed by atoms with Gasteiger partial charge in [-0.15, -0.1) is 0 Å². The van der Waals surface area contributed by atoms with E-state index < -0.39 is 5.97 Å². The summed E-state index contributed by atoms with van der Waals surface area (Å²) < 4.78 is 5.37. The second-order valence-corrected chi connectivity index (χ2v) is 3.67. The van der Waals surface area contributed by atoms with E-state index in [-0.39, 0.29) is 12.3 Å². The summed E-state index contributed by atoms with van der Waals surface area (Å²) in [7, 11) is 0. The Labute approximate surface area is 88.1 Å². The molecule has 1 heterocycles. The third-order valence-electron chi connectivity index (χ3n) is 2.47. The fraction of sp³-hybridized carbons (Fsp3) is 0.455. The van der Waals surface area contributed by atoms with Crippen molar-refractivity contribution in [2.75, 3.05) is 6.61 Å². The number of carbonyl (C=O) groups is 1. The largest absolute Gasteiger partial charge is 0.618 e. The molecule has 0 spiro atoms. The van der Waals surface area contributed by atoms with Crippen LogP contribution in [0.5, 0.6) is 0 Å². The van der Waals surface area contributed by atoms with E-state index in [0.29, 0.717) is 10.6 Å². The van der Waals surface area contributed by atoms with Crippen molar-refractivity contribution in [3.05, 3.63) is 34.8 Å². The molecule has 0 aromatic carbocycles. The molecule has 1 fully saturated rings. The zero-order chi connectivity index (χ0) is 10.8. The molecular weight excluding hydrogens is 194 g/mol. The quantitative estimate of drug-likeness (QED) is 0.427. The summed E-state index contributed by atoms with van der Waals surface area (Å²) in [6.07, 6.45) is 3.75. The summed E-state index contributed by atoms with van der Waals surface area (Å²) in [5.41, 5.74) is 1.07. The molecule has 80 valence electrons. The van der Waals surface area contributed by atoms with Crippen LogP contribution in [-0.4, -0.2) is 12.6 Å². The minimum absolute atomic E-state index is 0.0567. The van der Waals surface area contributed by atoms with Crippen LogP contribution in [0.25, 0.3) is 0 Å². The lowest BCUT2D eigenvalue weighted by atomic mass is 10.2. The topological polar surface area (TPSA) is 53.2 Å². The SMILES string of the molecule is CCOC(=O)c1ccc(C2CC2)c[n+]1[O-]. The van der Waals surface area contributed by atoms with Gasteiger partial charge in [-0.3, -0.25) is 0 Å². The highest BCUT2D eigenvalue weighted by atomic mass is 16.5. The normalized spacial score (nSPS) is 15.0. The van der Waals surface area contributed by atoms with E-state index in [2.05, 4.69) is 0 Å². The third kappa shape index (κ3) is 2.09. The molecule has 0 bridgehead atoms. The molecule has 1 aliphatic rings. The first-order chi connectivity index (χ1) is 7.22. The Bertz CT molecular complexity index is 385. The molecule has 0 saturated heterocycles. The lowest BCUT2D eigenvalue weighted by Gasteiger charge is -2.05. The summed E-state index contributed by atoms with van der Waals surface area (Å²) in [5, 5.41) is 11.5. The maximum atomic E-state index is 11.5. The first kappa shape index (κ1) is 9.96. The third-order valence-corrected chi connectivity index (χ3v) is 2.47. The molecular formula is C11H13NO3. The van der Waals surface area contributed by atoms with Crippen molar-refractivity contribution in [2.45, 2.75) is 25.7 Å². The van der Waals surface area contributed by atoms with Crippen LogP contribution in [0.15, 0.2) is 18.3 Å². The van der Waals surface area contributed by atoms with Gasteiger partial charge in [-0.25, -0.2) is 4.79 Å². The summed E-state index contributed by atoms with van der Waals surface area (Å²) >= 11 is 0. The summed E-state index contributed by atoms with van der Waals surface area (Å²) in [5.74, 6) is -0.0451. The number of hydrogen-bond donors (Lipinski definition) is 0. The van der Waals surface area contributed by atoms with Gasteiger partial charge < -0.3 is 9.94 Å². The van der Waals surface area contributed by atoms with Crippen LogP contribution in [0.3, 0.4) is 0 Å². The van der Waals surface area contributed by atoms with Crippen molar-refractivity contribution >= 4 is 5.97 Å². The Hall–Kier alpha value is -1.58. The van der Waals surface area contributed by atoms with Gasteiger partial charge in [-0.2, -0.15) is 4.73 Å². The average molecular weight is 207 g/mol. The molecule has 0 radical (unpaired) electrons. The number of ether oxygens (including phenoxy) is 1. The number of carbonyl (C=O) groups excluding carboxylic acids is 1. The van der Waals surface area contributed by atoms with E-state index in [1.54, 1.807) is 13.0 Å². The predicted molar refractivity (Wildman–Crippen MR) is 53.3 cm³/mol. The highest BCUT2D eigenvalue weighted by Gasteiger charge is 2.27. The highest BCUT2D eigenvalue weighted by Crippen LogP contribution is 2.39. The Kier molecular flexibility index (Phi) is 2.58. The number of pyridine rings is 1. The Balaban J connectivity index is 2.21. The van der Waals surface area contributed by atoms with Gasteiger partial charge in [-0.05, 0) is 31.7 Å². The molecule has 1 aromatic heterocycles. The zero-order valence-corrected chi connectivity index (χ0v) is 8.60. The molecule has 0 aliphatic heterocycles. The fourth-order valence-electron chi connectivity index (χ4n) is 1.52. The second kappa shape index (κ2) is 3.88. The second-order valence-electron chi connectivity index (χ2n) is 3.67. The standard InChI is InChI=1S/C11H13NO3/c1-2-15-11(13)10-6-5-9(7-12(10)14)8-3-4-8/h5-8H,2-4H2,1H3. The van der Waals surface area contributed by atoms with Gasteiger partial charge in [0.05, 0.1) is 6.61 Å². The molecule has 0 unspecified atom stereocenters. The molecule has 2 rings (SSSR count). The number of aromatic nitrogens is 1. The molecule has 4 heteroatoms. The van der Waals surface area contributed by atoms with Gasteiger partial charge >= 0.3 is 11.7 Å². The maximum Gasteiger partial charge on any atom is 0.404 e. The molecule has 0 amide bonds. The van der Waals surface area contributed by atoms with Gasteiger partial charge in [0, 0.05) is 11.6 Å². The lowest BCUT2D eigenvalue weighted by Crippen LogP contribution is -2.35. The van der Waals surface area contributed by atoms with Crippen LogP contribution < -0.4 is 4.73 Å². The fourth-order valence-corrected chi connectivity index (χ4v) is 1.52. The van der Waals surface area contributed by atoms with E-state index in [1.807, 2.05) is 6.07 Å². The van der Waals surface area contributed by atoms with E-state index in [0.717, 1.165) is 18.4 Å². The minimum Gasteiger partial charge on any atom is -0.618 e. The van der Waals surface area contributed by atoms with Crippen molar-refractivity contribution in [3.63, 3.8) is 0 Å². The van der Waals surface area contributed by atoms with Crippen LogP contribution in [0.1, 0.15) is 41.7 Å². The maximum absolute atomic E-state index is 11.5. The number of rotatable bonds is 3. The molecule has 0 atom stereocenters. The van der Waals surface area contributed by atoms with Crippen LogP contribution in [0, 0.1) is 5.21 Å². The molecule has 4 nitrogen and oxygen atoms in total. The number of esters is 1. The van der Waals surface area contributed by atoms with Crippen molar-refractivity contribution < 1.29 is 14.3 Å². The number of hydrogen-bond acceptors (Lipinski definition) is 3. The van der Waals surface area contributed by atoms with Crippen LogP contribution >= 0.6 is 0 Å². The minimum atomic E-state index is -0.560. The first-order valence-electron chi connectivity index (χ1n) is 5.12. The van der Waals surface area contributed by atoms with Gasteiger partial charge in [0.2, 0.25) is 0 Å². The molecule has 1 aromatic rings. The molecule has 0 N–H and O–H groups in total. The predicted octanol–water partition coefficient (Wildman–Crippen LogP) is 1.37. The van der Waals surface area contributed by atoms with Gasteiger partial charge in [0.15, 0.2) is 6.20 Å². The van der Waals surface area contributed by atoms with Crippen LogP contribution in [0.4, 0.5) is 0 Å². The monoisotopic (exact) mass is 207 g/mol. The van der Waals surface area contributed by atoms with Crippen molar-refractivity contribution in [1.82, 2.24) is 0 Å². The van der Waals surface area contributed by atoms with Crippen LogP contribution in [-0.2, 0) is 4.74 Å². The Morgan fingerprint density at radius 3 is 2.87 bits per heavy atom. The van der Waals surface area contributed by atoms with Crippen molar-refractivity contribution in [1.29, 1.82) is 0 Å². The van der Waals surface area contributed by atoms with Crippen LogP contribution in [0.2, 0.25) is 0 Å². The zero-order valence-electron chi connectivity index (χ0n) is 8.60. The van der Waals surface area contributed by atoms with Gasteiger partial charge in [0.1, 0.15) is 0 Å². The van der Waals surface area contributed by atoms with E-state index in [9.17, 15) is 10.0 Å². The number of nitrogens with zero attached hydrogens (tertiary/aromatic N) is 1. The summed E-state index contributed by atoms with van der Waals surface area (Å²) in [6.45, 7) is 1.99. The molecule has 1 aliphatic carbocycles. The van der Waals surface area contributed by atoms with E-state index in [4.69, 9.17) is 4.74 Å². The first-order valence-corrected chi connectivity index (χ1v) is 5.12. The van der Waals surface area contributed by atoms with E-state index >= 15 is 0 Å². The van der Waals surface area contributed by atoms with Crippen molar-refractivity contribution in [3.8, 4) is 0 Å². The highest BCUT2D eigenvalue weighted by molar-refractivity contribution is 5.85. The lowest BCUT2D eigenvalue weighted by molar-refractivity contribution is -0.608. The van der Waals surface area contributed by atoms with Crippen molar-refractivity contribution in [2.24, 2.45) is 0 Å². The van der Waals surface area contributed by atoms with E-state index in [1.165, 1.54) is 6.20 Å². The van der Waals surface area contributed by atoms with Gasteiger partial charge in [0.25, 0.3) is 0 Å². The van der Waals surface area contributed by atoms with Gasteiger partial charge in [-0.1, -0.05) is 0 Å². The molecule has 1 saturated carbocycles.